The third kappa shape index (κ3) is 4.47. The summed E-state index contributed by atoms with van der Waals surface area (Å²) in [6.07, 6.45) is 4.71. The number of anilines is 2. The molecule has 2 N–H and O–H groups in total. The second-order valence-electron chi connectivity index (χ2n) is 7.14. The van der Waals surface area contributed by atoms with Crippen molar-refractivity contribution in [1.82, 2.24) is 0 Å². The molecule has 1 fully saturated rings. The van der Waals surface area contributed by atoms with Gasteiger partial charge in [-0.1, -0.05) is 33.6 Å². The first-order valence-electron chi connectivity index (χ1n) is 8.23. The molecule has 1 amide bonds. The maximum atomic E-state index is 12.1. The topological polar surface area (TPSA) is 69.6 Å². The zero-order chi connectivity index (χ0) is 17.0. The van der Waals surface area contributed by atoms with Gasteiger partial charge in [0.2, 0.25) is 5.91 Å². The molecule has 0 aliphatic carbocycles. The summed E-state index contributed by atoms with van der Waals surface area (Å²) < 4.78 is 0. The Bertz CT molecular complexity index is 582. The van der Waals surface area contributed by atoms with Crippen molar-refractivity contribution in [3.8, 4) is 0 Å². The van der Waals surface area contributed by atoms with Crippen LogP contribution in [0.25, 0.3) is 0 Å². The molecule has 1 aromatic carbocycles. The van der Waals surface area contributed by atoms with Crippen LogP contribution in [0.3, 0.4) is 0 Å². The van der Waals surface area contributed by atoms with Gasteiger partial charge in [0.25, 0.3) is 0 Å². The molecule has 126 valence electrons. The fourth-order valence-corrected chi connectivity index (χ4v) is 2.65. The SMILES string of the molecule is CC(C)(C)C(=O)Nc1ccc(N2CCCCCC2)cc1C(=O)O. The van der Waals surface area contributed by atoms with E-state index < -0.39 is 11.4 Å². The van der Waals surface area contributed by atoms with Gasteiger partial charge >= 0.3 is 5.97 Å². The first-order chi connectivity index (χ1) is 10.8. The highest BCUT2D eigenvalue weighted by Gasteiger charge is 2.23. The van der Waals surface area contributed by atoms with Gasteiger partial charge in [-0.2, -0.15) is 0 Å². The molecule has 1 aromatic rings. The molecule has 5 nitrogen and oxygen atoms in total. The summed E-state index contributed by atoms with van der Waals surface area (Å²) in [4.78, 5) is 25.9. The highest BCUT2D eigenvalue weighted by molar-refractivity contribution is 6.02. The fourth-order valence-electron chi connectivity index (χ4n) is 2.65. The molecule has 0 spiro atoms. The van der Waals surface area contributed by atoms with Crippen LogP contribution >= 0.6 is 0 Å². The Labute approximate surface area is 137 Å². The lowest BCUT2D eigenvalue weighted by Crippen LogP contribution is -2.29. The third-order valence-electron chi connectivity index (χ3n) is 4.13. The van der Waals surface area contributed by atoms with Crippen molar-refractivity contribution in [3.05, 3.63) is 23.8 Å². The monoisotopic (exact) mass is 318 g/mol. The fraction of sp³-hybridized carbons (Fsp3) is 0.556. The molecule has 1 aliphatic heterocycles. The lowest BCUT2D eigenvalue weighted by atomic mass is 9.95. The molecule has 1 aliphatic rings. The minimum Gasteiger partial charge on any atom is -0.478 e. The first-order valence-corrected chi connectivity index (χ1v) is 8.23. The lowest BCUT2D eigenvalue weighted by Gasteiger charge is -2.24. The Kier molecular flexibility index (Phi) is 5.29. The number of nitrogens with one attached hydrogen (secondary N) is 1. The van der Waals surface area contributed by atoms with E-state index in [0.29, 0.717) is 5.69 Å². The molecule has 5 heteroatoms. The summed E-state index contributed by atoms with van der Waals surface area (Å²) in [6.45, 7) is 7.30. The molecular weight excluding hydrogens is 292 g/mol. The maximum Gasteiger partial charge on any atom is 0.337 e. The van der Waals surface area contributed by atoms with Crippen LogP contribution in [0.4, 0.5) is 11.4 Å². The van der Waals surface area contributed by atoms with E-state index in [1.807, 2.05) is 6.07 Å². The average Bonchev–Trinajstić information content (AvgIpc) is 2.75. The molecular formula is C18H26N2O3. The summed E-state index contributed by atoms with van der Waals surface area (Å²) in [5, 5.41) is 12.2. The lowest BCUT2D eigenvalue weighted by molar-refractivity contribution is -0.123. The zero-order valence-electron chi connectivity index (χ0n) is 14.2. The Balaban J connectivity index is 2.27. The van der Waals surface area contributed by atoms with Crippen molar-refractivity contribution in [1.29, 1.82) is 0 Å². The maximum absolute atomic E-state index is 12.1. The van der Waals surface area contributed by atoms with E-state index in [1.165, 1.54) is 12.8 Å². The van der Waals surface area contributed by atoms with Crippen molar-refractivity contribution in [2.75, 3.05) is 23.3 Å². The number of hydrogen-bond donors (Lipinski definition) is 2. The number of benzene rings is 1. The predicted octanol–water partition coefficient (Wildman–Crippen LogP) is 3.75. The van der Waals surface area contributed by atoms with Gasteiger partial charge in [-0.25, -0.2) is 4.79 Å². The summed E-state index contributed by atoms with van der Waals surface area (Å²) >= 11 is 0. The van der Waals surface area contributed by atoms with Crippen LogP contribution in [0.5, 0.6) is 0 Å². The summed E-state index contributed by atoms with van der Waals surface area (Å²) in [7, 11) is 0. The Hall–Kier alpha value is -2.04. The standard InChI is InChI=1S/C18H26N2O3/c1-18(2,3)17(23)19-15-9-8-13(12-14(15)16(21)22)20-10-6-4-5-7-11-20/h8-9,12H,4-7,10-11H2,1-3H3,(H,19,23)(H,21,22). The van der Waals surface area contributed by atoms with E-state index in [-0.39, 0.29) is 11.5 Å². The smallest absolute Gasteiger partial charge is 0.337 e. The number of carbonyl (C=O) groups excluding carboxylic acids is 1. The van der Waals surface area contributed by atoms with E-state index in [1.54, 1.807) is 32.9 Å². The number of aromatic carboxylic acids is 1. The van der Waals surface area contributed by atoms with E-state index in [9.17, 15) is 14.7 Å². The van der Waals surface area contributed by atoms with Gasteiger partial charge in [0, 0.05) is 24.2 Å². The highest BCUT2D eigenvalue weighted by atomic mass is 16.4. The number of carboxylic acids is 1. The largest absolute Gasteiger partial charge is 0.478 e. The molecule has 0 atom stereocenters. The highest BCUT2D eigenvalue weighted by Crippen LogP contribution is 2.27. The van der Waals surface area contributed by atoms with Crippen LogP contribution in [-0.4, -0.2) is 30.1 Å². The van der Waals surface area contributed by atoms with Crippen molar-refractivity contribution in [2.24, 2.45) is 5.41 Å². The van der Waals surface area contributed by atoms with E-state index >= 15 is 0 Å². The van der Waals surface area contributed by atoms with Gasteiger partial charge in [-0.3, -0.25) is 4.79 Å². The Morgan fingerprint density at radius 2 is 1.70 bits per heavy atom. The van der Waals surface area contributed by atoms with Crippen LogP contribution in [0.2, 0.25) is 0 Å². The van der Waals surface area contributed by atoms with Crippen LogP contribution in [0.15, 0.2) is 18.2 Å². The first kappa shape index (κ1) is 17.3. The minimum absolute atomic E-state index is 0.143. The molecule has 0 aromatic heterocycles. The summed E-state index contributed by atoms with van der Waals surface area (Å²) in [6, 6.07) is 5.27. The second kappa shape index (κ2) is 7.02. The van der Waals surface area contributed by atoms with Crippen molar-refractivity contribution in [2.45, 2.75) is 46.5 Å². The number of rotatable bonds is 3. The van der Waals surface area contributed by atoms with Gasteiger partial charge in [0.05, 0.1) is 11.3 Å². The molecule has 0 bridgehead atoms. The van der Waals surface area contributed by atoms with Crippen LogP contribution in [0.1, 0.15) is 56.8 Å². The van der Waals surface area contributed by atoms with Gasteiger partial charge in [-0.15, -0.1) is 0 Å². The van der Waals surface area contributed by atoms with Crippen molar-refractivity contribution < 1.29 is 14.7 Å². The average molecular weight is 318 g/mol. The molecule has 23 heavy (non-hydrogen) atoms. The van der Waals surface area contributed by atoms with Gasteiger partial charge < -0.3 is 15.3 Å². The van der Waals surface area contributed by atoms with Crippen LogP contribution < -0.4 is 10.2 Å². The van der Waals surface area contributed by atoms with Gasteiger partial charge in [0.1, 0.15) is 0 Å². The van der Waals surface area contributed by atoms with Crippen molar-refractivity contribution in [3.63, 3.8) is 0 Å². The van der Waals surface area contributed by atoms with Crippen LogP contribution in [-0.2, 0) is 4.79 Å². The van der Waals surface area contributed by atoms with Crippen molar-refractivity contribution >= 4 is 23.3 Å². The Morgan fingerprint density at radius 3 is 2.22 bits per heavy atom. The molecule has 0 radical (unpaired) electrons. The van der Waals surface area contributed by atoms with E-state index in [4.69, 9.17) is 0 Å². The van der Waals surface area contributed by atoms with Crippen LogP contribution in [0, 0.1) is 5.41 Å². The minimum atomic E-state index is -1.02. The quantitative estimate of drug-likeness (QED) is 0.890. The third-order valence-corrected chi connectivity index (χ3v) is 4.13. The number of nitrogens with zero attached hydrogens (tertiary/aromatic N) is 1. The molecule has 0 saturated carbocycles. The van der Waals surface area contributed by atoms with Gasteiger partial charge in [-0.05, 0) is 31.0 Å². The molecule has 1 heterocycles. The normalized spacial score (nSPS) is 15.9. The second-order valence-corrected chi connectivity index (χ2v) is 7.14. The predicted molar refractivity (Wildman–Crippen MR) is 92.2 cm³/mol. The molecule has 1 saturated heterocycles. The molecule has 0 unspecified atom stereocenters. The Morgan fingerprint density at radius 1 is 1.09 bits per heavy atom. The number of amides is 1. The van der Waals surface area contributed by atoms with Gasteiger partial charge in [0.15, 0.2) is 0 Å². The zero-order valence-corrected chi connectivity index (χ0v) is 14.2. The number of hydrogen-bond acceptors (Lipinski definition) is 3. The number of carboxylic acid groups (broad SMARTS) is 1. The van der Waals surface area contributed by atoms with E-state index in [0.717, 1.165) is 31.6 Å². The summed E-state index contributed by atoms with van der Waals surface area (Å²) in [5.74, 6) is -1.21. The van der Waals surface area contributed by atoms with E-state index in [2.05, 4.69) is 10.2 Å². The summed E-state index contributed by atoms with van der Waals surface area (Å²) in [5.41, 5.74) is 0.845. The number of carbonyl (C=O) groups is 2. The molecule has 2 rings (SSSR count).